The van der Waals surface area contributed by atoms with Gasteiger partial charge in [0, 0.05) is 45.2 Å². The van der Waals surface area contributed by atoms with E-state index in [1.165, 1.54) is 0 Å². The zero-order chi connectivity index (χ0) is 17.5. The Hall–Kier alpha value is -1.54. The average molecular weight is 342 g/mol. The summed E-state index contributed by atoms with van der Waals surface area (Å²) < 4.78 is 34.5. The highest BCUT2D eigenvalue weighted by molar-refractivity contribution is 5.93. The molecule has 3 heterocycles. The van der Waals surface area contributed by atoms with Crippen LogP contribution in [0.5, 0.6) is 0 Å². The quantitative estimate of drug-likeness (QED) is 0.809. The first-order valence-corrected chi connectivity index (χ1v) is 8.32. The lowest BCUT2D eigenvalue weighted by Crippen LogP contribution is -2.62. The van der Waals surface area contributed by atoms with Crippen LogP contribution < -0.4 is 0 Å². The summed E-state index contributed by atoms with van der Waals surface area (Å²) in [4.78, 5) is 16.0. The highest BCUT2D eigenvalue weighted by atomic mass is 19.3. The van der Waals surface area contributed by atoms with Gasteiger partial charge in [0.05, 0.1) is 18.8 Å². The standard InChI is InChI=1S/C16H24F2N4O2/c1-4-24-9-12-6-16(17,18)10-22(12)13-7-21(8-13)15(23)14-5-11(2)19-20(14)3/h5,12-13H,4,6-10H2,1-3H3/t12-/m0/s1. The minimum absolute atomic E-state index is 0.0258. The number of aromatic nitrogens is 2. The van der Waals surface area contributed by atoms with E-state index < -0.39 is 5.92 Å². The van der Waals surface area contributed by atoms with Gasteiger partial charge < -0.3 is 9.64 Å². The van der Waals surface area contributed by atoms with Crippen LogP contribution in [-0.4, -0.2) is 76.3 Å². The lowest BCUT2D eigenvalue weighted by atomic mass is 10.1. The maximum Gasteiger partial charge on any atom is 0.272 e. The number of carbonyl (C=O) groups is 1. The van der Waals surface area contributed by atoms with Crippen molar-refractivity contribution in [2.24, 2.45) is 7.05 Å². The highest BCUT2D eigenvalue weighted by Crippen LogP contribution is 2.35. The second kappa shape index (κ2) is 6.40. The number of nitrogens with zero attached hydrogens (tertiary/aromatic N) is 4. The molecule has 134 valence electrons. The van der Waals surface area contributed by atoms with Crippen LogP contribution in [0, 0.1) is 6.92 Å². The number of ether oxygens (including phenoxy) is 1. The van der Waals surface area contributed by atoms with Crippen molar-refractivity contribution in [2.75, 3.05) is 32.8 Å². The Morgan fingerprint density at radius 3 is 2.75 bits per heavy atom. The molecule has 1 aromatic rings. The first-order chi connectivity index (χ1) is 11.3. The minimum atomic E-state index is -2.68. The van der Waals surface area contributed by atoms with Crippen LogP contribution in [0.15, 0.2) is 6.07 Å². The Morgan fingerprint density at radius 1 is 1.46 bits per heavy atom. The van der Waals surface area contributed by atoms with Crippen molar-refractivity contribution in [2.45, 2.75) is 38.3 Å². The molecule has 24 heavy (non-hydrogen) atoms. The zero-order valence-electron chi connectivity index (χ0n) is 14.3. The Bertz CT molecular complexity index is 613. The number of alkyl halides is 2. The summed E-state index contributed by atoms with van der Waals surface area (Å²) in [6.07, 6.45) is -0.168. The van der Waals surface area contributed by atoms with Crippen molar-refractivity contribution in [1.82, 2.24) is 19.6 Å². The third-order valence-electron chi connectivity index (χ3n) is 4.77. The fourth-order valence-electron chi connectivity index (χ4n) is 3.56. The monoisotopic (exact) mass is 342 g/mol. The zero-order valence-corrected chi connectivity index (χ0v) is 14.3. The lowest BCUT2D eigenvalue weighted by Gasteiger charge is -2.45. The molecule has 2 aliphatic rings. The molecule has 6 nitrogen and oxygen atoms in total. The van der Waals surface area contributed by atoms with Crippen LogP contribution in [-0.2, 0) is 11.8 Å². The van der Waals surface area contributed by atoms with Gasteiger partial charge in [-0.05, 0) is 19.9 Å². The molecule has 0 saturated carbocycles. The molecule has 1 aromatic heterocycles. The third kappa shape index (κ3) is 3.30. The second-order valence-corrected chi connectivity index (χ2v) is 6.70. The number of hydrogen-bond acceptors (Lipinski definition) is 4. The Morgan fingerprint density at radius 2 is 2.17 bits per heavy atom. The van der Waals surface area contributed by atoms with Crippen LogP contribution in [0.2, 0.25) is 0 Å². The molecule has 0 unspecified atom stereocenters. The van der Waals surface area contributed by atoms with Crippen molar-refractivity contribution < 1.29 is 18.3 Å². The van der Waals surface area contributed by atoms with Gasteiger partial charge in [-0.25, -0.2) is 8.78 Å². The Balaban J connectivity index is 1.60. The molecule has 0 aromatic carbocycles. The molecule has 0 spiro atoms. The van der Waals surface area contributed by atoms with Crippen LogP contribution in [0.4, 0.5) is 8.78 Å². The van der Waals surface area contributed by atoms with Crippen LogP contribution in [0.3, 0.4) is 0 Å². The number of likely N-dealkylation sites (tertiary alicyclic amines) is 2. The second-order valence-electron chi connectivity index (χ2n) is 6.70. The van der Waals surface area contributed by atoms with Crippen LogP contribution in [0.1, 0.15) is 29.5 Å². The van der Waals surface area contributed by atoms with Gasteiger partial charge in [0.15, 0.2) is 0 Å². The predicted octanol–water partition coefficient (Wildman–Crippen LogP) is 1.30. The fourth-order valence-corrected chi connectivity index (χ4v) is 3.56. The van der Waals surface area contributed by atoms with E-state index in [1.807, 2.05) is 18.7 Å². The molecule has 0 N–H and O–H groups in total. The Labute approximate surface area is 140 Å². The molecule has 2 saturated heterocycles. The summed E-state index contributed by atoms with van der Waals surface area (Å²) in [6, 6.07) is 1.45. The molecule has 0 radical (unpaired) electrons. The van der Waals surface area contributed by atoms with Gasteiger partial charge in [0.25, 0.3) is 11.8 Å². The average Bonchev–Trinajstić information content (AvgIpc) is 2.93. The molecule has 0 bridgehead atoms. The van der Waals surface area contributed by atoms with E-state index in [0.717, 1.165) is 5.69 Å². The SMILES string of the molecule is CCOC[C@@H]1CC(F)(F)CN1C1CN(C(=O)c2cc(C)nn2C)C1. The maximum atomic E-state index is 13.8. The van der Waals surface area contributed by atoms with Crippen molar-refractivity contribution in [3.8, 4) is 0 Å². The molecule has 3 rings (SSSR count). The van der Waals surface area contributed by atoms with Crippen molar-refractivity contribution in [1.29, 1.82) is 0 Å². The van der Waals surface area contributed by atoms with E-state index in [2.05, 4.69) is 5.10 Å². The largest absolute Gasteiger partial charge is 0.380 e. The van der Waals surface area contributed by atoms with Crippen molar-refractivity contribution in [3.05, 3.63) is 17.5 Å². The van der Waals surface area contributed by atoms with E-state index in [-0.39, 0.29) is 31.0 Å². The molecule has 1 atom stereocenters. The summed E-state index contributed by atoms with van der Waals surface area (Å²) in [5.41, 5.74) is 1.32. The predicted molar refractivity (Wildman–Crippen MR) is 84.2 cm³/mol. The van der Waals surface area contributed by atoms with Gasteiger partial charge in [-0.1, -0.05) is 0 Å². The summed E-state index contributed by atoms with van der Waals surface area (Å²) >= 11 is 0. The van der Waals surface area contributed by atoms with E-state index in [0.29, 0.717) is 32.0 Å². The van der Waals surface area contributed by atoms with Crippen molar-refractivity contribution in [3.63, 3.8) is 0 Å². The lowest BCUT2D eigenvalue weighted by molar-refractivity contribution is -0.0151. The molecule has 2 aliphatic heterocycles. The van der Waals surface area contributed by atoms with E-state index >= 15 is 0 Å². The summed E-state index contributed by atoms with van der Waals surface area (Å²) in [6.45, 7) is 5.23. The fraction of sp³-hybridized carbons (Fsp3) is 0.750. The molecule has 0 aliphatic carbocycles. The van der Waals surface area contributed by atoms with Gasteiger partial charge in [-0.15, -0.1) is 0 Å². The number of halogens is 2. The van der Waals surface area contributed by atoms with Gasteiger partial charge in [-0.2, -0.15) is 5.10 Å². The molecule has 1 amide bonds. The summed E-state index contributed by atoms with van der Waals surface area (Å²) in [5, 5.41) is 4.18. The maximum absolute atomic E-state index is 13.8. The molecular weight excluding hydrogens is 318 g/mol. The van der Waals surface area contributed by atoms with Crippen molar-refractivity contribution >= 4 is 5.91 Å². The number of carbonyl (C=O) groups excluding carboxylic acids is 1. The minimum Gasteiger partial charge on any atom is -0.380 e. The van der Waals surface area contributed by atoms with E-state index in [1.54, 1.807) is 22.7 Å². The number of aryl methyl sites for hydroxylation is 2. The molecule has 2 fully saturated rings. The van der Waals surface area contributed by atoms with Gasteiger partial charge in [0.1, 0.15) is 5.69 Å². The van der Waals surface area contributed by atoms with E-state index in [9.17, 15) is 13.6 Å². The molecular formula is C16H24F2N4O2. The Kier molecular flexibility index (Phi) is 4.61. The highest BCUT2D eigenvalue weighted by Gasteiger charge is 2.50. The smallest absolute Gasteiger partial charge is 0.272 e. The van der Waals surface area contributed by atoms with Crippen LogP contribution >= 0.6 is 0 Å². The van der Waals surface area contributed by atoms with E-state index in [4.69, 9.17) is 4.74 Å². The first kappa shape index (κ1) is 17.3. The topological polar surface area (TPSA) is 50.6 Å². The first-order valence-electron chi connectivity index (χ1n) is 8.32. The van der Waals surface area contributed by atoms with Gasteiger partial charge >= 0.3 is 0 Å². The normalized spacial score (nSPS) is 24.4. The number of amides is 1. The summed E-state index contributed by atoms with van der Waals surface area (Å²) in [5.74, 6) is -2.77. The van der Waals surface area contributed by atoms with Gasteiger partial charge in [0.2, 0.25) is 0 Å². The van der Waals surface area contributed by atoms with Gasteiger partial charge in [-0.3, -0.25) is 14.4 Å². The number of hydrogen-bond donors (Lipinski definition) is 0. The van der Waals surface area contributed by atoms with Crippen LogP contribution in [0.25, 0.3) is 0 Å². The third-order valence-corrected chi connectivity index (χ3v) is 4.77. The summed E-state index contributed by atoms with van der Waals surface area (Å²) in [7, 11) is 1.73. The molecule has 8 heteroatoms. The number of rotatable bonds is 5.